The maximum atomic E-state index is 15.3. The van der Waals surface area contributed by atoms with Gasteiger partial charge in [-0.25, -0.2) is 0 Å². The molecule has 1 aliphatic heterocycles. The van der Waals surface area contributed by atoms with Gasteiger partial charge in [-0.1, -0.05) is 109 Å². The molecule has 5 heteroatoms. The van der Waals surface area contributed by atoms with Crippen molar-refractivity contribution in [3.63, 3.8) is 0 Å². The summed E-state index contributed by atoms with van der Waals surface area (Å²) < 4.78 is 26.8. The van der Waals surface area contributed by atoms with E-state index in [0.717, 1.165) is 27.8 Å². The van der Waals surface area contributed by atoms with Crippen molar-refractivity contribution in [3.05, 3.63) is 143 Å². The molecule has 4 aromatic rings. The number of hydrogen-bond donors (Lipinski definition) is 0. The van der Waals surface area contributed by atoms with Crippen LogP contribution in [0.3, 0.4) is 0 Å². The van der Waals surface area contributed by atoms with Crippen LogP contribution in [-0.4, -0.2) is 27.1 Å². The summed E-state index contributed by atoms with van der Waals surface area (Å²) in [7, 11) is 4.93. The van der Waals surface area contributed by atoms with Crippen molar-refractivity contribution in [3.8, 4) is 0 Å². The number of benzene rings is 4. The summed E-state index contributed by atoms with van der Waals surface area (Å²) in [6.07, 6.45) is 0. The molecule has 190 valence electrons. The van der Waals surface area contributed by atoms with Gasteiger partial charge in [-0.3, -0.25) is 4.79 Å². The molecule has 0 N–H and O–H groups in total. The van der Waals surface area contributed by atoms with Gasteiger partial charge in [-0.15, -0.1) is 0 Å². The van der Waals surface area contributed by atoms with Crippen LogP contribution in [0, 0.1) is 5.41 Å². The Morgan fingerprint density at radius 1 is 0.658 bits per heavy atom. The lowest BCUT2D eigenvalue weighted by atomic mass is 9.60. The molecule has 0 aromatic heterocycles. The number of methoxy groups -OCH3 is 3. The average molecular weight is 505 g/mol. The quantitative estimate of drug-likeness (QED) is 0.307. The number of rotatable bonds is 6. The molecule has 2 aliphatic carbocycles. The summed E-state index contributed by atoms with van der Waals surface area (Å²) in [4.78, 5) is 15.3. The number of fused-ring (bicyclic) bond motifs is 6. The third kappa shape index (κ3) is 2.32. The van der Waals surface area contributed by atoms with Gasteiger partial charge in [0.1, 0.15) is 11.0 Å². The van der Waals surface area contributed by atoms with Crippen molar-refractivity contribution in [1.29, 1.82) is 0 Å². The van der Waals surface area contributed by atoms with Crippen LogP contribution in [-0.2, 0) is 36.1 Å². The van der Waals surface area contributed by atoms with Crippen molar-refractivity contribution in [2.75, 3.05) is 21.3 Å². The van der Waals surface area contributed by atoms with Crippen LogP contribution in [0.15, 0.2) is 109 Å². The summed E-state index contributed by atoms with van der Waals surface area (Å²) in [5, 5.41) is 0. The Balaban J connectivity index is 1.71. The zero-order valence-electron chi connectivity index (χ0n) is 21.5. The van der Waals surface area contributed by atoms with E-state index < -0.39 is 28.5 Å². The molecule has 7 rings (SSSR count). The molecule has 3 aliphatic rings. The van der Waals surface area contributed by atoms with Gasteiger partial charge < -0.3 is 18.9 Å². The molecule has 1 saturated heterocycles. The van der Waals surface area contributed by atoms with Crippen molar-refractivity contribution in [2.45, 2.75) is 23.1 Å². The first kappa shape index (κ1) is 23.5. The molecule has 1 heterocycles. The van der Waals surface area contributed by atoms with Gasteiger partial charge in [0.25, 0.3) is 0 Å². The van der Waals surface area contributed by atoms with Crippen molar-refractivity contribution in [1.82, 2.24) is 0 Å². The Hall–Kier alpha value is -3.61. The number of Topliss-reactive ketones (excluding diaryl/α,β-unsaturated/α-hetero) is 1. The lowest BCUT2D eigenvalue weighted by Gasteiger charge is -2.45. The van der Waals surface area contributed by atoms with Crippen molar-refractivity contribution in [2.24, 2.45) is 5.41 Å². The summed E-state index contributed by atoms with van der Waals surface area (Å²) >= 11 is 0. The van der Waals surface area contributed by atoms with E-state index in [2.05, 4.69) is 12.1 Å². The fraction of sp³-hybridized carbons (Fsp3) is 0.242. The minimum absolute atomic E-state index is 0.117. The zero-order chi connectivity index (χ0) is 26.2. The Morgan fingerprint density at radius 2 is 1.24 bits per heavy atom. The van der Waals surface area contributed by atoms with Gasteiger partial charge >= 0.3 is 0 Å². The highest BCUT2D eigenvalue weighted by Gasteiger charge is 2.90. The lowest BCUT2D eigenvalue weighted by Crippen LogP contribution is -2.57. The highest BCUT2D eigenvalue weighted by atomic mass is 16.8. The van der Waals surface area contributed by atoms with Gasteiger partial charge in [-0.05, 0) is 16.7 Å². The minimum atomic E-state index is -1.51. The summed E-state index contributed by atoms with van der Waals surface area (Å²) in [5.74, 6) is -3.57. The van der Waals surface area contributed by atoms with Crippen LogP contribution < -0.4 is 0 Å². The summed E-state index contributed by atoms with van der Waals surface area (Å²) in [6.45, 7) is 0. The highest BCUT2D eigenvalue weighted by molar-refractivity contribution is 6.06. The Kier molecular flexibility index (Phi) is 4.92. The first-order chi connectivity index (χ1) is 18.6. The molecule has 0 bridgehead atoms. The van der Waals surface area contributed by atoms with Crippen LogP contribution in [0.2, 0.25) is 0 Å². The monoisotopic (exact) mass is 504 g/mol. The molecule has 5 nitrogen and oxygen atoms in total. The van der Waals surface area contributed by atoms with Gasteiger partial charge in [0.15, 0.2) is 5.78 Å². The van der Waals surface area contributed by atoms with Crippen molar-refractivity contribution >= 4 is 5.78 Å². The average Bonchev–Trinajstić information content (AvgIpc) is 3.52. The predicted octanol–water partition coefficient (Wildman–Crippen LogP) is 5.89. The third-order valence-corrected chi connectivity index (χ3v) is 8.96. The molecule has 0 radical (unpaired) electrons. The number of carbonyl (C=O) groups excluding carboxylic acids is 1. The molecule has 0 unspecified atom stereocenters. The summed E-state index contributed by atoms with van der Waals surface area (Å²) in [6, 6.07) is 35.2. The van der Waals surface area contributed by atoms with Crippen molar-refractivity contribution < 1.29 is 23.7 Å². The largest absolute Gasteiger partial charge is 0.367 e. The Labute approximate surface area is 221 Å². The number of ether oxygens (including phenoxy) is 4. The second-order valence-corrected chi connectivity index (χ2v) is 10.1. The second-order valence-electron chi connectivity index (χ2n) is 10.1. The van der Waals surface area contributed by atoms with E-state index in [1.807, 2.05) is 97.1 Å². The first-order valence-electron chi connectivity index (χ1n) is 12.8. The van der Waals surface area contributed by atoms with E-state index >= 15 is 4.79 Å². The van der Waals surface area contributed by atoms with Gasteiger partial charge in [0.05, 0.1) is 5.92 Å². The van der Waals surface area contributed by atoms with Gasteiger partial charge in [-0.2, -0.15) is 0 Å². The Bertz CT molecular complexity index is 1550. The molecular formula is C33H28O5. The Morgan fingerprint density at radius 3 is 1.87 bits per heavy atom. The predicted molar refractivity (Wildman–Crippen MR) is 142 cm³/mol. The maximum absolute atomic E-state index is 15.3. The minimum Gasteiger partial charge on any atom is -0.367 e. The molecule has 5 atom stereocenters. The standard InChI is InChI=1S/C33H28O5/c1-35-31-25-19-11-10-18-24(25)28-30(31,29(34)22-14-6-4-7-15-22)33(37-3,27-21-13-12-20-26(27)31)38-32(28,36-2)23-16-8-5-9-17-23/h4-21,28H,1-3H3/t28-,30-,31+,32-,33+/m0/s1. The molecule has 0 amide bonds. The van der Waals surface area contributed by atoms with Crippen LogP contribution in [0.5, 0.6) is 0 Å². The molecule has 0 spiro atoms. The van der Waals surface area contributed by atoms with E-state index in [0.29, 0.717) is 5.56 Å². The molecule has 0 saturated carbocycles. The van der Waals surface area contributed by atoms with Gasteiger partial charge in [0.2, 0.25) is 11.6 Å². The fourth-order valence-electron chi connectivity index (χ4n) is 7.81. The van der Waals surface area contributed by atoms with E-state index in [1.165, 1.54) is 0 Å². The molecule has 38 heavy (non-hydrogen) atoms. The van der Waals surface area contributed by atoms with Crippen LogP contribution in [0.25, 0.3) is 0 Å². The molecule has 1 fully saturated rings. The topological polar surface area (TPSA) is 54.0 Å². The van der Waals surface area contributed by atoms with E-state index in [4.69, 9.17) is 18.9 Å². The van der Waals surface area contributed by atoms with E-state index in [9.17, 15) is 0 Å². The van der Waals surface area contributed by atoms with Crippen LogP contribution >= 0.6 is 0 Å². The highest BCUT2D eigenvalue weighted by Crippen LogP contribution is 2.83. The number of hydrogen-bond acceptors (Lipinski definition) is 5. The summed E-state index contributed by atoms with van der Waals surface area (Å²) in [5.41, 5.74) is 2.28. The van der Waals surface area contributed by atoms with Crippen LogP contribution in [0.4, 0.5) is 0 Å². The normalized spacial score (nSPS) is 32.0. The fourth-order valence-corrected chi connectivity index (χ4v) is 7.81. The smallest absolute Gasteiger partial charge is 0.215 e. The first-order valence-corrected chi connectivity index (χ1v) is 12.8. The third-order valence-electron chi connectivity index (χ3n) is 8.96. The zero-order valence-corrected chi connectivity index (χ0v) is 21.5. The molecular weight excluding hydrogens is 476 g/mol. The van der Waals surface area contributed by atoms with E-state index in [1.54, 1.807) is 21.3 Å². The SMILES string of the molecule is CO[C@@]1(c2ccccc2)O[C@]2(OC)c3ccccc3[C@]3(OC)c4ccccc4[C@H]1[C@@]23C(=O)c1ccccc1. The second kappa shape index (κ2) is 7.95. The van der Waals surface area contributed by atoms with E-state index in [-0.39, 0.29) is 5.78 Å². The maximum Gasteiger partial charge on any atom is 0.215 e. The lowest BCUT2D eigenvalue weighted by molar-refractivity contribution is -0.338. The number of carbonyl (C=O) groups is 1. The van der Waals surface area contributed by atoms with Crippen LogP contribution in [0.1, 0.15) is 44.1 Å². The number of ketones is 1. The molecule has 4 aromatic carbocycles. The van der Waals surface area contributed by atoms with Gasteiger partial charge in [0, 0.05) is 38.0 Å².